The number of esters is 2. The number of hydrogen-bond donors (Lipinski definition) is 2. The van der Waals surface area contributed by atoms with Crippen LogP contribution in [0, 0.1) is 5.92 Å². The molecule has 0 fully saturated rings. The van der Waals surface area contributed by atoms with Crippen LogP contribution in [0.4, 0.5) is 0 Å². The molecule has 2 atom stereocenters. The minimum atomic E-state index is -0.984. The molecule has 0 saturated carbocycles. The summed E-state index contributed by atoms with van der Waals surface area (Å²) in [5, 5.41) is 18.5. The number of carbonyl (C=O) groups excluding carboxylic acids is 2. The Balaban J connectivity index is 0. The lowest BCUT2D eigenvalue weighted by molar-refractivity contribution is -0.153. The van der Waals surface area contributed by atoms with Crippen molar-refractivity contribution in [1.82, 2.24) is 0 Å². The maximum Gasteiger partial charge on any atom is 0.335 e. The van der Waals surface area contributed by atoms with E-state index < -0.39 is 24.1 Å². The van der Waals surface area contributed by atoms with Crippen LogP contribution in [0.1, 0.15) is 59.3 Å². The molecule has 0 saturated heterocycles. The van der Waals surface area contributed by atoms with Gasteiger partial charge in [-0.2, -0.15) is 0 Å². The predicted molar refractivity (Wildman–Crippen MR) is 103 cm³/mol. The quantitative estimate of drug-likeness (QED) is 0.293. The molecule has 0 aliphatic carbocycles. The molecule has 0 aliphatic heterocycles. The summed E-state index contributed by atoms with van der Waals surface area (Å²) in [7, 11) is 0. The van der Waals surface area contributed by atoms with E-state index in [2.05, 4.69) is 29.6 Å². The third-order valence-electron chi connectivity index (χ3n) is 3.33. The summed E-state index contributed by atoms with van der Waals surface area (Å²) in [5.41, 5.74) is 0. The van der Waals surface area contributed by atoms with Gasteiger partial charge in [-0.15, -0.1) is 0 Å². The summed E-state index contributed by atoms with van der Waals surface area (Å²) in [4.78, 5) is 22.0. The molecule has 6 heteroatoms. The van der Waals surface area contributed by atoms with E-state index in [0.29, 0.717) is 18.8 Å². The number of carbonyl (C=O) groups is 2. The molecule has 152 valence electrons. The summed E-state index contributed by atoms with van der Waals surface area (Å²) in [6.45, 7) is 13.3. The summed E-state index contributed by atoms with van der Waals surface area (Å²) in [6.07, 6.45) is 5.76. The fourth-order valence-corrected chi connectivity index (χ4v) is 1.79. The number of unbranched alkanes of at least 4 members (excludes halogenated alkanes) is 2. The molecule has 0 bridgehead atoms. The van der Waals surface area contributed by atoms with Gasteiger partial charge in [0.25, 0.3) is 0 Å². The van der Waals surface area contributed by atoms with Gasteiger partial charge in [0.1, 0.15) is 13.2 Å². The first kappa shape index (κ1) is 26.6. The fourth-order valence-electron chi connectivity index (χ4n) is 1.79. The van der Waals surface area contributed by atoms with Crippen molar-refractivity contribution in [3.8, 4) is 0 Å². The van der Waals surface area contributed by atoms with Crippen molar-refractivity contribution in [2.45, 2.75) is 71.5 Å². The van der Waals surface area contributed by atoms with Crippen LogP contribution in [0.25, 0.3) is 0 Å². The minimum Gasteiger partial charge on any atom is -0.460 e. The van der Waals surface area contributed by atoms with E-state index >= 15 is 0 Å². The van der Waals surface area contributed by atoms with E-state index in [9.17, 15) is 19.8 Å². The van der Waals surface area contributed by atoms with Gasteiger partial charge in [0.2, 0.25) is 0 Å². The number of aliphatic hydroxyl groups excluding tert-OH is 2. The molecule has 0 heterocycles. The van der Waals surface area contributed by atoms with E-state index in [1.807, 2.05) is 13.8 Å². The van der Waals surface area contributed by atoms with Gasteiger partial charge in [-0.05, 0) is 25.2 Å². The first-order valence-electron chi connectivity index (χ1n) is 9.21. The zero-order chi connectivity index (χ0) is 20.4. The molecule has 0 aromatic heterocycles. The van der Waals surface area contributed by atoms with Crippen molar-refractivity contribution >= 4 is 11.9 Å². The normalized spacial score (nSPS) is 12.4. The molecule has 2 unspecified atom stereocenters. The van der Waals surface area contributed by atoms with E-state index in [4.69, 9.17) is 0 Å². The van der Waals surface area contributed by atoms with E-state index in [-0.39, 0.29) is 13.2 Å². The Morgan fingerprint density at radius 3 is 1.73 bits per heavy atom. The lowest BCUT2D eigenvalue weighted by Gasteiger charge is -2.10. The highest BCUT2D eigenvalue weighted by atomic mass is 16.5. The summed E-state index contributed by atoms with van der Waals surface area (Å²) >= 11 is 0. The van der Waals surface area contributed by atoms with Gasteiger partial charge in [-0.3, -0.25) is 0 Å². The van der Waals surface area contributed by atoms with Gasteiger partial charge in [0, 0.05) is 0 Å². The number of ether oxygens (including phenoxy) is 2. The van der Waals surface area contributed by atoms with Crippen molar-refractivity contribution in [1.29, 1.82) is 0 Å². The van der Waals surface area contributed by atoms with Gasteiger partial charge in [0.05, 0.1) is 0 Å². The summed E-state index contributed by atoms with van der Waals surface area (Å²) in [5.74, 6) is -0.613. The predicted octanol–water partition coefficient (Wildman–Crippen LogP) is 3.17. The Morgan fingerprint density at radius 1 is 0.885 bits per heavy atom. The first-order valence-corrected chi connectivity index (χ1v) is 9.21. The minimum absolute atomic E-state index is 0.164. The fraction of sp³-hybridized carbons (Fsp3) is 0.700. The molecule has 0 aromatic carbocycles. The molecule has 2 N–H and O–H groups in total. The van der Waals surface area contributed by atoms with E-state index in [1.54, 1.807) is 0 Å². The molecule has 6 nitrogen and oxygen atoms in total. The van der Waals surface area contributed by atoms with Crippen molar-refractivity contribution < 1.29 is 29.3 Å². The third kappa shape index (κ3) is 17.2. The first-order chi connectivity index (χ1) is 12.3. The maximum absolute atomic E-state index is 11.0. The SMILES string of the molecule is C=CCOC(=O)C(O)CCC(C)C.C=CCOC(=O)C(O)CCCCC. The lowest BCUT2D eigenvalue weighted by Crippen LogP contribution is -2.23. The number of rotatable bonds is 13. The Hall–Kier alpha value is -1.66. The average molecular weight is 373 g/mol. The second-order valence-corrected chi connectivity index (χ2v) is 6.34. The molecule has 0 radical (unpaired) electrons. The average Bonchev–Trinajstić information content (AvgIpc) is 2.62. The van der Waals surface area contributed by atoms with Crippen LogP contribution < -0.4 is 0 Å². The standard InChI is InChI=1S/2C10H18O3/c1-4-7-13-10(12)9(11)6-5-8(2)3;1-3-5-6-7-9(11)10(12)13-8-4-2/h4,8-9,11H,1,5-7H2,2-3H3;4,9,11H,2-3,5-8H2,1H3. The highest BCUT2D eigenvalue weighted by Crippen LogP contribution is 2.07. The number of aliphatic hydroxyl groups is 2. The highest BCUT2D eigenvalue weighted by molar-refractivity contribution is 5.74. The molecule has 0 aromatic rings. The number of hydrogen-bond acceptors (Lipinski definition) is 6. The zero-order valence-corrected chi connectivity index (χ0v) is 16.5. The lowest BCUT2D eigenvalue weighted by atomic mass is 10.1. The van der Waals surface area contributed by atoms with Crippen molar-refractivity contribution in [2.75, 3.05) is 13.2 Å². The van der Waals surface area contributed by atoms with E-state index in [1.165, 1.54) is 12.2 Å². The maximum atomic E-state index is 11.0. The van der Waals surface area contributed by atoms with Gasteiger partial charge in [0.15, 0.2) is 12.2 Å². The van der Waals surface area contributed by atoms with Crippen LogP contribution >= 0.6 is 0 Å². The smallest absolute Gasteiger partial charge is 0.335 e. The molecular weight excluding hydrogens is 336 g/mol. The summed E-state index contributed by atoms with van der Waals surface area (Å²) in [6, 6.07) is 0. The molecule has 0 rings (SSSR count). The zero-order valence-electron chi connectivity index (χ0n) is 16.5. The Kier molecular flexibility index (Phi) is 18.5. The largest absolute Gasteiger partial charge is 0.460 e. The third-order valence-corrected chi connectivity index (χ3v) is 3.33. The van der Waals surface area contributed by atoms with Gasteiger partial charge >= 0.3 is 11.9 Å². The van der Waals surface area contributed by atoms with Gasteiger partial charge in [-0.1, -0.05) is 65.3 Å². The van der Waals surface area contributed by atoms with Crippen molar-refractivity contribution in [3.63, 3.8) is 0 Å². The Labute approximate surface area is 157 Å². The second kappa shape index (κ2) is 18.1. The molecular formula is C20H36O6. The molecule has 26 heavy (non-hydrogen) atoms. The molecule has 0 aliphatic rings. The highest BCUT2D eigenvalue weighted by Gasteiger charge is 2.16. The summed E-state index contributed by atoms with van der Waals surface area (Å²) < 4.78 is 9.35. The van der Waals surface area contributed by atoms with Crippen LogP contribution in [0.2, 0.25) is 0 Å². The van der Waals surface area contributed by atoms with E-state index in [0.717, 1.165) is 25.7 Å². The monoisotopic (exact) mass is 372 g/mol. The second-order valence-electron chi connectivity index (χ2n) is 6.34. The molecule has 0 spiro atoms. The van der Waals surface area contributed by atoms with Crippen LogP contribution in [0.3, 0.4) is 0 Å². The topological polar surface area (TPSA) is 93.1 Å². The Bertz CT molecular complexity index is 392. The van der Waals surface area contributed by atoms with Crippen LogP contribution in [-0.4, -0.2) is 47.6 Å². The van der Waals surface area contributed by atoms with Crippen molar-refractivity contribution in [2.24, 2.45) is 5.92 Å². The van der Waals surface area contributed by atoms with Crippen LogP contribution in [0.15, 0.2) is 25.3 Å². The van der Waals surface area contributed by atoms with Gasteiger partial charge in [-0.25, -0.2) is 9.59 Å². The van der Waals surface area contributed by atoms with Gasteiger partial charge < -0.3 is 19.7 Å². The Morgan fingerprint density at radius 2 is 1.35 bits per heavy atom. The van der Waals surface area contributed by atoms with Crippen molar-refractivity contribution in [3.05, 3.63) is 25.3 Å². The van der Waals surface area contributed by atoms with Crippen LogP contribution in [0.5, 0.6) is 0 Å². The molecule has 0 amide bonds. The van der Waals surface area contributed by atoms with Crippen LogP contribution in [-0.2, 0) is 19.1 Å².